The number of hydrogen-bond donors (Lipinski definition) is 2. The molecule has 0 radical (unpaired) electrons. The van der Waals surface area contributed by atoms with Crippen LogP contribution in [0.25, 0.3) is 0 Å². The molecule has 9 heteroatoms. The first-order chi connectivity index (χ1) is 38.2. The van der Waals surface area contributed by atoms with Gasteiger partial charge in [-0.3, -0.25) is 0 Å². The Kier molecular flexibility index (Phi) is 60.1. The first kappa shape index (κ1) is 79.2. The Morgan fingerprint density at radius 1 is 0.304 bits per heavy atom. The van der Waals surface area contributed by atoms with E-state index in [1.165, 1.54) is 330 Å². The summed E-state index contributed by atoms with van der Waals surface area (Å²) in [7, 11) is 0. The molecule has 0 atom stereocenters. The predicted molar refractivity (Wildman–Crippen MR) is 375 cm³/mol. The molecule has 0 bridgehead atoms. The summed E-state index contributed by atoms with van der Waals surface area (Å²) in [6, 6.07) is 13.2. The van der Waals surface area contributed by atoms with E-state index in [1.807, 2.05) is 0 Å². The summed E-state index contributed by atoms with van der Waals surface area (Å²) in [5.41, 5.74) is 7.95. The van der Waals surface area contributed by atoms with Gasteiger partial charge in [-0.15, -0.1) is 25.3 Å². The summed E-state index contributed by atoms with van der Waals surface area (Å²) in [5, 5.41) is 0. The van der Waals surface area contributed by atoms with Crippen LogP contribution < -0.4 is 8.61 Å². The van der Waals surface area contributed by atoms with Gasteiger partial charge in [-0.2, -0.15) is 0 Å². The van der Waals surface area contributed by atoms with E-state index in [-0.39, 0.29) is 19.5 Å². The largest absolute Gasteiger partial charge is 2.00 e. The maximum Gasteiger partial charge on any atom is 2.00 e. The molecular formula is C70H124N2S6Zn. The molecular weight excluding hydrogens is 1130 g/mol. The monoisotopic (exact) mass is 1250 g/mol. The SMILES string of the molecule is CCCCCCCCCCCCCCc1cccc(N([S-])C(=S)S)c1CCCCCCCCCCCCCC.CCCCCCCCCCCCCCc1cccc(N([S-])C(=S)S)c1CCCCCCCCCCCCCC.[Zn+2]. The van der Waals surface area contributed by atoms with E-state index in [0.717, 1.165) is 37.1 Å². The van der Waals surface area contributed by atoms with Crippen molar-refractivity contribution in [3.8, 4) is 0 Å². The second kappa shape index (κ2) is 60.0. The Morgan fingerprint density at radius 2 is 0.481 bits per heavy atom. The fourth-order valence-corrected chi connectivity index (χ4v) is 12.2. The summed E-state index contributed by atoms with van der Waals surface area (Å²) >= 11 is 30.6. The standard InChI is InChI=1S/2C35H62NS3.Zn/c2*1-3-5-7-9-11-13-15-17-19-21-23-25-28-32-29-27-31-34(36(39)35(37)38)33(32)30-26-24-22-20-18-16-14-12-10-8-6-4-2;/h2*27,29,31H,3-26,28,30H2,1-2H3,(H,37,38);/q2*-1;+2. The van der Waals surface area contributed by atoms with Crippen molar-refractivity contribution < 1.29 is 19.5 Å². The smallest absolute Gasteiger partial charge is 0.659 e. The van der Waals surface area contributed by atoms with Crippen molar-refractivity contribution in [3.63, 3.8) is 0 Å². The average molecular weight is 1250 g/mol. The summed E-state index contributed by atoms with van der Waals surface area (Å²) in [6.45, 7) is 9.18. The number of hydrogen-bond acceptors (Lipinski definition) is 4. The summed E-state index contributed by atoms with van der Waals surface area (Å²) in [4.78, 5) is 0. The molecule has 0 aliphatic heterocycles. The Morgan fingerprint density at radius 3 is 0.671 bits per heavy atom. The van der Waals surface area contributed by atoms with Crippen LogP contribution in [0.5, 0.6) is 0 Å². The fraction of sp³-hybridized carbons (Fsp3) is 0.800. The first-order valence-electron chi connectivity index (χ1n) is 33.8. The number of unbranched alkanes of at least 4 members (excludes halogenated alkanes) is 44. The van der Waals surface area contributed by atoms with E-state index >= 15 is 0 Å². The molecule has 79 heavy (non-hydrogen) atoms. The van der Waals surface area contributed by atoms with Gasteiger partial charge in [-0.1, -0.05) is 359 Å². The van der Waals surface area contributed by atoms with Crippen LogP contribution in [0, 0.1) is 0 Å². The van der Waals surface area contributed by atoms with Gasteiger partial charge >= 0.3 is 19.5 Å². The number of aryl methyl sites for hydroxylation is 2. The molecule has 0 aliphatic rings. The van der Waals surface area contributed by atoms with Crippen molar-refractivity contribution in [2.75, 3.05) is 8.61 Å². The van der Waals surface area contributed by atoms with Gasteiger partial charge in [-0.25, -0.2) is 0 Å². The Bertz CT molecular complexity index is 1540. The normalized spacial score (nSPS) is 11.1. The van der Waals surface area contributed by atoms with Gasteiger partial charge in [0.15, 0.2) is 0 Å². The van der Waals surface area contributed by atoms with Crippen LogP contribution in [0.4, 0.5) is 11.4 Å². The van der Waals surface area contributed by atoms with Gasteiger partial charge < -0.3 is 34.2 Å². The molecule has 0 aromatic heterocycles. The van der Waals surface area contributed by atoms with Crippen molar-refractivity contribution in [3.05, 3.63) is 58.7 Å². The number of nitrogens with zero attached hydrogens (tertiary/aromatic N) is 2. The van der Waals surface area contributed by atoms with Crippen LogP contribution in [-0.4, -0.2) is 8.64 Å². The van der Waals surface area contributed by atoms with Gasteiger partial charge in [0.1, 0.15) is 8.64 Å². The molecule has 452 valence electrons. The second-order valence-electron chi connectivity index (χ2n) is 23.5. The zero-order chi connectivity index (χ0) is 56.8. The van der Waals surface area contributed by atoms with E-state index in [9.17, 15) is 0 Å². The van der Waals surface area contributed by atoms with Crippen LogP contribution in [0.3, 0.4) is 0 Å². The summed E-state index contributed by atoms with van der Waals surface area (Å²) in [6.07, 6.45) is 71.1. The van der Waals surface area contributed by atoms with Crippen LogP contribution in [0.2, 0.25) is 0 Å². The molecule has 0 saturated heterocycles. The van der Waals surface area contributed by atoms with Crippen LogP contribution >= 0.6 is 49.7 Å². The van der Waals surface area contributed by atoms with E-state index in [1.54, 1.807) is 8.61 Å². The third-order valence-electron chi connectivity index (χ3n) is 16.4. The van der Waals surface area contributed by atoms with E-state index in [2.05, 4.69) is 89.4 Å². The van der Waals surface area contributed by atoms with E-state index in [0.29, 0.717) is 8.64 Å². The Balaban J connectivity index is 0.00000152. The third kappa shape index (κ3) is 45.3. The molecule has 2 aromatic rings. The third-order valence-corrected chi connectivity index (χ3v) is 18.5. The Labute approximate surface area is 539 Å². The second-order valence-corrected chi connectivity index (χ2v) is 26.5. The summed E-state index contributed by atoms with van der Waals surface area (Å²) < 4.78 is 4.31. The number of thiol groups is 2. The molecule has 0 spiro atoms. The van der Waals surface area contributed by atoms with Crippen molar-refractivity contribution in [2.24, 2.45) is 0 Å². The first-order valence-corrected chi connectivity index (χ1v) is 36.3. The molecule has 0 heterocycles. The molecule has 0 fully saturated rings. The molecule has 0 N–H and O–H groups in total. The van der Waals surface area contributed by atoms with E-state index in [4.69, 9.17) is 50.1 Å². The molecule has 0 saturated carbocycles. The molecule has 2 rings (SSSR count). The topological polar surface area (TPSA) is 6.48 Å². The maximum atomic E-state index is 5.62. The number of thiocarbonyl (C=S) groups is 2. The van der Waals surface area contributed by atoms with Gasteiger partial charge in [0, 0.05) is 11.4 Å². The predicted octanol–water partition coefficient (Wildman–Crippen LogP) is 25.3. The minimum atomic E-state index is 0. The van der Waals surface area contributed by atoms with Gasteiger partial charge in [-0.05, 0) is 85.8 Å². The van der Waals surface area contributed by atoms with Crippen molar-refractivity contribution in [2.45, 2.75) is 362 Å². The fourth-order valence-electron chi connectivity index (χ4n) is 11.5. The number of rotatable bonds is 54. The number of benzene rings is 2. The maximum absolute atomic E-state index is 5.62. The van der Waals surface area contributed by atoms with Crippen LogP contribution in [0.15, 0.2) is 36.4 Å². The number of anilines is 2. The Hall–Kier alpha value is 0.243. The zero-order valence-corrected chi connectivity index (χ0v) is 60.4. The molecule has 0 unspecified atom stereocenters. The van der Waals surface area contributed by atoms with Gasteiger partial charge in [0.2, 0.25) is 0 Å². The average Bonchev–Trinajstić information content (AvgIpc) is 3.44. The molecule has 2 aromatic carbocycles. The minimum absolute atomic E-state index is 0. The molecule has 0 amide bonds. The summed E-state index contributed by atoms with van der Waals surface area (Å²) in [5.74, 6) is 0. The van der Waals surface area contributed by atoms with Crippen molar-refractivity contribution >= 4 is 95.3 Å². The molecule has 2 nitrogen and oxygen atoms in total. The van der Waals surface area contributed by atoms with Crippen LogP contribution in [0.1, 0.15) is 358 Å². The molecule has 0 aliphatic carbocycles. The minimum Gasteiger partial charge on any atom is -0.659 e. The van der Waals surface area contributed by atoms with Crippen molar-refractivity contribution in [1.29, 1.82) is 0 Å². The van der Waals surface area contributed by atoms with Gasteiger partial charge in [0.05, 0.1) is 0 Å². The van der Waals surface area contributed by atoms with Crippen molar-refractivity contribution in [1.82, 2.24) is 0 Å². The quantitative estimate of drug-likeness (QED) is 0.0222. The zero-order valence-electron chi connectivity index (χ0n) is 52.4. The van der Waals surface area contributed by atoms with Crippen LogP contribution in [-0.2, 0) is 70.8 Å². The van der Waals surface area contributed by atoms with Gasteiger partial charge in [0.25, 0.3) is 0 Å². The van der Waals surface area contributed by atoms with E-state index < -0.39 is 0 Å².